The zero-order chi connectivity index (χ0) is 23.1. The Kier molecular flexibility index (Phi) is 5.51. The van der Waals surface area contributed by atoms with E-state index >= 15 is 0 Å². The van der Waals surface area contributed by atoms with Crippen molar-refractivity contribution in [1.29, 1.82) is 0 Å². The molecule has 2 atom stereocenters. The number of anilines is 1. The fraction of sp³-hybridized carbons (Fsp3) is 0.370. The Balaban J connectivity index is 1.31. The average molecular weight is 455 g/mol. The van der Waals surface area contributed by atoms with E-state index in [-0.39, 0.29) is 12.1 Å². The van der Waals surface area contributed by atoms with E-state index < -0.39 is 0 Å². The van der Waals surface area contributed by atoms with E-state index in [2.05, 4.69) is 73.1 Å². The zero-order valence-electron chi connectivity index (χ0n) is 19.5. The van der Waals surface area contributed by atoms with Crippen LogP contribution in [0.2, 0.25) is 0 Å². The topological polar surface area (TPSA) is 70.3 Å². The molecule has 7 heteroatoms. The van der Waals surface area contributed by atoms with Gasteiger partial charge in [0, 0.05) is 23.7 Å². The number of likely N-dealkylation sites (tertiary alicyclic amines) is 1. The number of hydrogen-bond acceptors (Lipinski definition) is 6. The number of rotatable bonds is 4. The van der Waals surface area contributed by atoms with Crippen molar-refractivity contribution in [2.75, 3.05) is 31.6 Å². The van der Waals surface area contributed by atoms with Gasteiger partial charge < -0.3 is 14.9 Å². The van der Waals surface area contributed by atoms with Crippen LogP contribution in [0.15, 0.2) is 67.3 Å². The number of nitrogens with zero attached hydrogens (tertiary/aromatic N) is 6. The standard InChI is InChI=1S/C27H30N6O/c1-31-11-9-22(10-12-31)33-16-21(15-30-33)20-7-8-24-25(13-20)28-18-29-27(24)32-17-23(34)14-26(32)19-5-3-2-4-6-19/h2-8,13,15-16,18,22-23,26,34H,9-12,14,17H2,1H3/t23-,26+/m0/s1. The molecule has 0 amide bonds. The van der Waals surface area contributed by atoms with Crippen LogP contribution in [0.1, 0.15) is 36.9 Å². The van der Waals surface area contributed by atoms with Crippen LogP contribution >= 0.6 is 0 Å². The average Bonchev–Trinajstić information content (AvgIpc) is 3.52. The summed E-state index contributed by atoms with van der Waals surface area (Å²) in [6, 6.07) is 17.3. The molecule has 2 saturated heterocycles. The van der Waals surface area contributed by atoms with Crippen molar-refractivity contribution in [1.82, 2.24) is 24.6 Å². The smallest absolute Gasteiger partial charge is 0.140 e. The van der Waals surface area contributed by atoms with Crippen molar-refractivity contribution in [3.05, 3.63) is 72.8 Å². The van der Waals surface area contributed by atoms with Crippen LogP contribution < -0.4 is 4.90 Å². The van der Waals surface area contributed by atoms with E-state index in [4.69, 9.17) is 0 Å². The zero-order valence-corrected chi connectivity index (χ0v) is 19.5. The van der Waals surface area contributed by atoms with Crippen molar-refractivity contribution in [2.24, 2.45) is 0 Å². The number of β-amino-alcohol motifs (C(OH)–C–C–N with tert-alkyl or cyclic N) is 1. The van der Waals surface area contributed by atoms with Crippen molar-refractivity contribution < 1.29 is 5.11 Å². The Labute approximate surface area is 199 Å². The highest BCUT2D eigenvalue weighted by Crippen LogP contribution is 2.38. The van der Waals surface area contributed by atoms with Crippen molar-refractivity contribution >= 4 is 16.7 Å². The molecule has 0 spiro atoms. The first-order chi connectivity index (χ1) is 16.7. The van der Waals surface area contributed by atoms with E-state index in [0.717, 1.165) is 53.8 Å². The number of aliphatic hydroxyl groups is 1. The SMILES string of the molecule is CN1CCC(n2cc(-c3ccc4c(N5C[C@@H](O)C[C@@H]5c5ccccc5)ncnc4c3)cn2)CC1. The van der Waals surface area contributed by atoms with Crippen LogP contribution in [0.5, 0.6) is 0 Å². The van der Waals surface area contributed by atoms with Crippen LogP contribution in [0.4, 0.5) is 5.82 Å². The van der Waals surface area contributed by atoms with Gasteiger partial charge >= 0.3 is 0 Å². The number of hydrogen-bond donors (Lipinski definition) is 1. The van der Waals surface area contributed by atoms with E-state index in [1.54, 1.807) is 6.33 Å². The molecule has 2 aromatic heterocycles. The fourth-order valence-corrected chi connectivity index (χ4v) is 5.44. The molecule has 0 saturated carbocycles. The minimum atomic E-state index is -0.375. The molecule has 2 fully saturated rings. The van der Waals surface area contributed by atoms with Crippen molar-refractivity contribution in [2.45, 2.75) is 37.5 Å². The maximum Gasteiger partial charge on any atom is 0.140 e. The molecule has 1 N–H and O–H groups in total. The van der Waals surface area contributed by atoms with Crippen LogP contribution in [0.3, 0.4) is 0 Å². The molecule has 7 nitrogen and oxygen atoms in total. The fourth-order valence-electron chi connectivity index (χ4n) is 5.44. The van der Waals surface area contributed by atoms with E-state index in [1.807, 2.05) is 24.4 Å². The predicted octanol–water partition coefficient (Wildman–Crippen LogP) is 4.07. The Morgan fingerprint density at radius 3 is 2.62 bits per heavy atom. The van der Waals surface area contributed by atoms with Gasteiger partial charge in [-0.1, -0.05) is 36.4 Å². The summed E-state index contributed by atoms with van der Waals surface area (Å²) in [4.78, 5) is 13.8. The molecular formula is C27H30N6O. The summed E-state index contributed by atoms with van der Waals surface area (Å²) in [5, 5.41) is 16.2. The van der Waals surface area contributed by atoms with Gasteiger partial charge in [-0.15, -0.1) is 0 Å². The number of aliphatic hydroxyl groups excluding tert-OH is 1. The highest BCUT2D eigenvalue weighted by Gasteiger charge is 2.33. The van der Waals surface area contributed by atoms with Gasteiger partial charge in [0.15, 0.2) is 0 Å². The highest BCUT2D eigenvalue weighted by atomic mass is 16.3. The minimum absolute atomic E-state index is 0.0988. The Morgan fingerprint density at radius 2 is 1.79 bits per heavy atom. The minimum Gasteiger partial charge on any atom is -0.391 e. The third-order valence-corrected chi connectivity index (χ3v) is 7.35. The number of benzene rings is 2. The number of fused-ring (bicyclic) bond motifs is 1. The van der Waals surface area contributed by atoms with E-state index in [0.29, 0.717) is 19.0 Å². The van der Waals surface area contributed by atoms with Gasteiger partial charge in [-0.2, -0.15) is 5.10 Å². The second kappa shape index (κ2) is 8.81. The third-order valence-electron chi connectivity index (χ3n) is 7.35. The highest BCUT2D eigenvalue weighted by molar-refractivity contribution is 5.92. The molecule has 6 rings (SSSR count). The van der Waals surface area contributed by atoms with Gasteiger partial charge in [0.1, 0.15) is 12.1 Å². The molecule has 4 heterocycles. The summed E-state index contributed by atoms with van der Waals surface area (Å²) in [5.41, 5.74) is 4.32. The molecule has 2 aliphatic rings. The van der Waals surface area contributed by atoms with Gasteiger partial charge in [-0.3, -0.25) is 4.68 Å². The second-order valence-corrected chi connectivity index (χ2v) is 9.64. The largest absolute Gasteiger partial charge is 0.391 e. The summed E-state index contributed by atoms with van der Waals surface area (Å²) in [6.45, 7) is 2.80. The Morgan fingerprint density at radius 1 is 0.971 bits per heavy atom. The van der Waals surface area contributed by atoms with E-state index in [9.17, 15) is 5.11 Å². The summed E-state index contributed by atoms with van der Waals surface area (Å²) in [5.74, 6) is 0.879. The second-order valence-electron chi connectivity index (χ2n) is 9.64. The molecule has 2 aromatic carbocycles. The molecule has 34 heavy (non-hydrogen) atoms. The van der Waals surface area contributed by atoms with Crippen molar-refractivity contribution in [3.63, 3.8) is 0 Å². The van der Waals surface area contributed by atoms with Gasteiger partial charge in [-0.05, 0) is 62.7 Å². The van der Waals surface area contributed by atoms with Gasteiger partial charge in [0.2, 0.25) is 0 Å². The molecule has 4 aromatic rings. The molecule has 174 valence electrons. The molecule has 2 aliphatic heterocycles. The van der Waals surface area contributed by atoms with Crippen molar-refractivity contribution in [3.8, 4) is 11.1 Å². The lowest BCUT2D eigenvalue weighted by Crippen LogP contribution is -2.31. The van der Waals surface area contributed by atoms with E-state index in [1.165, 1.54) is 5.56 Å². The Hall–Kier alpha value is -3.29. The molecule has 0 radical (unpaired) electrons. The lowest BCUT2D eigenvalue weighted by atomic mass is 10.0. The first-order valence-electron chi connectivity index (χ1n) is 12.1. The molecular weight excluding hydrogens is 424 g/mol. The molecule has 0 bridgehead atoms. The lowest BCUT2D eigenvalue weighted by Gasteiger charge is -2.28. The summed E-state index contributed by atoms with van der Waals surface area (Å²) >= 11 is 0. The molecule has 0 unspecified atom stereocenters. The van der Waals surface area contributed by atoms with Gasteiger partial charge in [-0.25, -0.2) is 9.97 Å². The van der Waals surface area contributed by atoms with Gasteiger partial charge in [0.05, 0.1) is 29.9 Å². The van der Waals surface area contributed by atoms with Crippen LogP contribution in [0.25, 0.3) is 22.0 Å². The summed E-state index contributed by atoms with van der Waals surface area (Å²) in [7, 11) is 2.18. The monoisotopic (exact) mass is 454 g/mol. The maximum atomic E-state index is 10.5. The van der Waals surface area contributed by atoms with Crippen LogP contribution in [-0.2, 0) is 0 Å². The lowest BCUT2D eigenvalue weighted by molar-refractivity contribution is 0.194. The quantitative estimate of drug-likeness (QED) is 0.501. The third kappa shape index (κ3) is 3.95. The van der Waals surface area contributed by atoms with Crippen LogP contribution in [-0.4, -0.2) is 62.5 Å². The first-order valence-corrected chi connectivity index (χ1v) is 12.1. The summed E-state index contributed by atoms with van der Waals surface area (Å²) in [6.07, 6.45) is 8.36. The number of aromatic nitrogens is 4. The molecule has 0 aliphatic carbocycles. The Bertz CT molecular complexity index is 1280. The van der Waals surface area contributed by atoms with Gasteiger partial charge in [0.25, 0.3) is 0 Å². The van der Waals surface area contributed by atoms with Crippen LogP contribution in [0, 0.1) is 0 Å². The first kappa shape index (κ1) is 21.3. The predicted molar refractivity (Wildman–Crippen MR) is 134 cm³/mol. The number of piperidine rings is 1. The maximum absolute atomic E-state index is 10.5. The normalized spacial score (nSPS) is 22.0. The summed E-state index contributed by atoms with van der Waals surface area (Å²) < 4.78 is 2.13.